The fourth-order valence-corrected chi connectivity index (χ4v) is 2.41. The number of aryl methyl sites for hydroxylation is 2. The van der Waals surface area contributed by atoms with E-state index in [-0.39, 0.29) is 24.2 Å². The van der Waals surface area contributed by atoms with Crippen LogP contribution < -0.4 is 10.6 Å². The Morgan fingerprint density at radius 1 is 1.36 bits per heavy atom. The van der Waals surface area contributed by atoms with Gasteiger partial charge in [-0.05, 0) is 32.4 Å². The van der Waals surface area contributed by atoms with Crippen molar-refractivity contribution in [1.29, 1.82) is 0 Å². The minimum atomic E-state index is -0.450. The van der Waals surface area contributed by atoms with E-state index in [9.17, 15) is 9.18 Å². The largest absolute Gasteiger partial charge is 0.361 e. The van der Waals surface area contributed by atoms with Crippen LogP contribution >= 0.6 is 0 Å². The molecule has 0 saturated carbocycles. The molecule has 22 heavy (non-hydrogen) atoms. The molecule has 1 atom stereocenters. The first kappa shape index (κ1) is 16.2. The number of halogens is 1. The molecule has 2 aromatic rings. The van der Waals surface area contributed by atoms with Gasteiger partial charge in [0.1, 0.15) is 11.6 Å². The van der Waals surface area contributed by atoms with Crippen molar-refractivity contribution in [1.82, 2.24) is 10.5 Å². The molecule has 2 rings (SSSR count). The molecule has 0 aliphatic rings. The number of anilines is 1. The van der Waals surface area contributed by atoms with Gasteiger partial charge < -0.3 is 15.2 Å². The van der Waals surface area contributed by atoms with Crippen molar-refractivity contribution in [2.75, 3.05) is 11.9 Å². The summed E-state index contributed by atoms with van der Waals surface area (Å²) >= 11 is 0. The third-order valence-corrected chi connectivity index (χ3v) is 3.50. The van der Waals surface area contributed by atoms with E-state index in [2.05, 4.69) is 15.8 Å². The summed E-state index contributed by atoms with van der Waals surface area (Å²) < 4.78 is 18.6. The Kier molecular flexibility index (Phi) is 5.27. The second kappa shape index (κ2) is 7.17. The lowest BCUT2D eigenvalue weighted by molar-refractivity contribution is -0.115. The predicted molar refractivity (Wildman–Crippen MR) is 82.0 cm³/mol. The van der Waals surface area contributed by atoms with Crippen molar-refractivity contribution in [3.63, 3.8) is 0 Å². The SMILES string of the molecule is CC[C@@H](NCC(=O)Nc1ccccc1F)c1c(C)noc1C. The summed E-state index contributed by atoms with van der Waals surface area (Å²) in [6.45, 7) is 5.81. The van der Waals surface area contributed by atoms with E-state index in [1.807, 2.05) is 20.8 Å². The Hall–Kier alpha value is -2.21. The van der Waals surface area contributed by atoms with Crippen molar-refractivity contribution < 1.29 is 13.7 Å². The van der Waals surface area contributed by atoms with E-state index in [1.54, 1.807) is 12.1 Å². The molecule has 5 nitrogen and oxygen atoms in total. The van der Waals surface area contributed by atoms with Gasteiger partial charge in [0.05, 0.1) is 17.9 Å². The average Bonchev–Trinajstić information content (AvgIpc) is 2.82. The van der Waals surface area contributed by atoms with Crippen LogP contribution in [0.5, 0.6) is 0 Å². The van der Waals surface area contributed by atoms with E-state index < -0.39 is 5.82 Å². The lowest BCUT2D eigenvalue weighted by Gasteiger charge is -2.16. The fraction of sp³-hybridized carbons (Fsp3) is 0.375. The maximum absolute atomic E-state index is 13.5. The van der Waals surface area contributed by atoms with Gasteiger partial charge in [-0.25, -0.2) is 4.39 Å². The second-order valence-corrected chi connectivity index (χ2v) is 5.11. The topological polar surface area (TPSA) is 67.2 Å². The Morgan fingerprint density at radius 2 is 2.09 bits per heavy atom. The van der Waals surface area contributed by atoms with Crippen LogP contribution in [-0.4, -0.2) is 17.6 Å². The number of rotatable bonds is 6. The van der Waals surface area contributed by atoms with Crippen LogP contribution in [0.25, 0.3) is 0 Å². The van der Waals surface area contributed by atoms with E-state index in [0.717, 1.165) is 23.4 Å². The first-order valence-electron chi connectivity index (χ1n) is 7.23. The van der Waals surface area contributed by atoms with E-state index in [4.69, 9.17) is 4.52 Å². The van der Waals surface area contributed by atoms with Gasteiger partial charge in [-0.15, -0.1) is 0 Å². The molecule has 1 aromatic heterocycles. The smallest absolute Gasteiger partial charge is 0.238 e. The molecule has 0 bridgehead atoms. The number of hydrogen-bond acceptors (Lipinski definition) is 4. The zero-order chi connectivity index (χ0) is 16.1. The van der Waals surface area contributed by atoms with Crippen molar-refractivity contribution in [3.05, 3.63) is 47.1 Å². The number of carbonyl (C=O) groups excluding carboxylic acids is 1. The van der Waals surface area contributed by atoms with Crippen LogP contribution in [0.2, 0.25) is 0 Å². The second-order valence-electron chi connectivity index (χ2n) is 5.11. The Bertz CT molecular complexity index is 635. The highest BCUT2D eigenvalue weighted by Crippen LogP contribution is 2.23. The summed E-state index contributed by atoms with van der Waals surface area (Å²) in [4.78, 5) is 11.9. The molecular weight excluding hydrogens is 285 g/mol. The Labute approximate surface area is 128 Å². The van der Waals surface area contributed by atoms with Crippen molar-refractivity contribution in [3.8, 4) is 0 Å². The highest BCUT2D eigenvalue weighted by molar-refractivity contribution is 5.92. The number of amides is 1. The molecule has 0 aliphatic carbocycles. The van der Waals surface area contributed by atoms with E-state index >= 15 is 0 Å². The van der Waals surface area contributed by atoms with E-state index in [0.29, 0.717) is 0 Å². The number of para-hydroxylation sites is 1. The maximum atomic E-state index is 13.5. The number of hydrogen-bond donors (Lipinski definition) is 2. The predicted octanol–water partition coefficient (Wildman–Crippen LogP) is 3.11. The number of carbonyl (C=O) groups is 1. The normalized spacial score (nSPS) is 12.2. The Balaban J connectivity index is 1.96. The number of benzene rings is 1. The molecular formula is C16H20FN3O2. The highest BCUT2D eigenvalue weighted by Gasteiger charge is 2.19. The first-order valence-corrected chi connectivity index (χ1v) is 7.23. The lowest BCUT2D eigenvalue weighted by atomic mass is 10.0. The minimum absolute atomic E-state index is 0.0300. The summed E-state index contributed by atoms with van der Waals surface area (Å²) in [6.07, 6.45) is 0.788. The molecule has 1 heterocycles. The number of nitrogens with one attached hydrogen (secondary N) is 2. The summed E-state index contributed by atoms with van der Waals surface area (Å²) in [5, 5.41) is 9.63. The van der Waals surface area contributed by atoms with Gasteiger partial charge in [0, 0.05) is 11.6 Å². The summed E-state index contributed by atoms with van der Waals surface area (Å²) in [5.41, 5.74) is 1.97. The van der Waals surface area contributed by atoms with Gasteiger partial charge in [-0.2, -0.15) is 0 Å². The Morgan fingerprint density at radius 3 is 2.68 bits per heavy atom. The molecule has 0 fully saturated rings. The minimum Gasteiger partial charge on any atom is -0.361 e. The zero-order valence-corrected chi connectivity index (χ0v) is 12.9. The molecule has 118 valence electrons. The molecule has 0 spiro atoms. The molecule has 0 unspecified atom stereocenters. The van der Waals surface area contributed by atoms with Crippen LogP contribution in [0, 0.1) is 19.7 Å². The number of aromatic nitrogens is 1. The molecule has 2 N–H and O–H groups in total. The molecule has 0 radical (unpaired) electrons. The molecule has 6 heteroatoms. The number of nitrogens with zero attached hydrogens (tertiary/aromatic N) is 1. The monoisotopic (exact) mass is 305 g/mol. The van der Waals surface area contributed by atoms with Gasteiger partial charge >= 0.3 is 0 Å². The van der Waals surface area contributed by atoms with Crippen LogP contribution in [0.1, 0.15) is 36.4 Å². The van der Waals surface area contributed by atoms with Crippen molar-refractivity contribution in [2.24, 2.45) is 0 Å². The third-order valence-electron chi connectivity index (χ3n) is 3.50. The first-order chi connectivity index (χ1) is 10.5. The third kappa shape index (κ3) is 3.71. The molecule has 1 aromatic carbocycles. The summed E-state index contributed by atoms with van der Waals surface area (Å²) in [5.74, 6) is -0.00436. The van der Waals surface area contributed by atoms with Crippen molar-refractivity contribution in [2.45, 2.75) is 33.2 Å². The van der Waals surface area contributed by atoms with Gasteiger partial charge in [-0.1, -0.05) is 24.2 Å². The van der Waals surface area contributed by atoms with E-state index in [1.165, 1.54) is 12.1 Å². The highest BCUT2D eigenvalue weighted by atomic mass is 19.1. The van der Waals surface area contributed by atoms with Gasteiger partial charge in [-0.3, -0.25) is 4.79 Å². The van der Waals surface area contributed by atoms with Crippen LogP contribution in [0.15, 0.2) is 28.8 Å². The van der Waals surface area contributed by atoms with Crippen LogP contribution in [0.4, 0.5) is 10.1 Å². The van der Waals surface area contributed by atoms with Gasteiger partial charge in [0.2, 0.25) is 5.91 Å². The summed E-state index contributed by atoms with van der Waals surface area (Å²) in [6, 6.07) is 6.05. The quantitative estimate of drug-likeness (QED) is 0.860. The standard InChI is InChI=1S/C16H20FN3O2/c1-4-13(16-10(2)20-22-11(16)3)18-9-15(21)19-14-8-6-5-7-12(14)17/h5-8,13,18H,4,9H2,1-3H3,(H,19,21)/t13-/m1/s1. The van der Waals surface area contributed by atoms with Gasteiger partial charge in [0.25, 0.3) is 0 Å². The fourth-order valence-electron chi connectivity index (χ4n) is 2.41. The maximum Gasteiger partial charge on any atom is 0.238 e. The summed E-state index contributed by atoms with van der Waals surface area (Å²) in [7, 11) is 0. The lowest BCUT2D eigenvalue weighted by Crippen LogP contribution is -2.31. The zero-order valence-electron chi connectivity index (χ0n) is 12.9. The van der Waals surface area contributed by atoms with Crippen LogP contribution in [-0.2, 0) is 4.79 Å². The van der Waals surface area contributed by atoms with Crippen LogP contribution in [0.3, 0.4) is 0 Å². The molecule has 1 amide bonds. The molecule has 0 aliphatic heterocycles. The van der Waals surface area contributed by atoms with Crippen molar-refractivity contribution >= 4 is 11.6 Å². The molecule has 0 saturated heterocycles. The average molecular weight is 305 g/mol. The van der Waals surface area contributed by atoms with Gasteiger partial charge in [0.15, 0.2) is 0 Å².